The fourth-order valence-corrected chi connectivity index (χ4v) is 2.98. The lowest BCUT2D eigenvalue weighted by Crippen LogP contribution is -2.44. The molecule has 18 heavy (non-hydrogen) atoms. The van der Waals surface area contributed by atoms with Gasteiger partial charge < -0.3 is 15.4 Å². The topological polar surface area (TPSA) is 50.4 Å². The van der Waals surface area contributed by atoms with Crippen LogP contribution in [0.5, 0.6) is 0 Å². The van der Waals surface area contributed by atoms with Crippen molar-refractivity contribution in [2.45, 2.75) is 32.4 Å². The highest BCUT2D eigenvalue weighted by molar-refractivity contribution is 7.10. The molecule has 1 aromatic heterocycles. The third kappa shape index (κ3) is 3.80. The van der Waals surface area contributed by atoms with Gasteiger partial charge in [0.05, 0.1) is 19.8 Å². The van der Waals surface area contributed by atoms with Crippen LogP contribution < -0.4 is 10.6 Å². The zero-order chi connectivity index (χ0) is 12.8. The second-order valence-electron chi connectivity index (χ2n) is 4.43. The standard InChI is InChI=1S/C13H20N2O2S/c1-2-10-3-6-18-12(10)8-15-13(16)7-11-9-17-5-4-14-11/h3,6,11,14H,2,4-5,7-9H2,1H3,(H,15,16). The Balaban J connectivity index is 1.74. The Labute approximate surface area is 112 Å². The summed E-state index contributed by atoms with van der Waals surface area (Å²) in [7, 11) is 0. The van der Waals surface area contributed by atoms with Crippen LogP contribution in [0.15, 0.2) is 11.4 Å². The summed E-state index contributed by atoms with van der Waals surface area (Å²) in [4.78, 5) is 13.1. The molecule has 4 nitrogen and oxygen atoms in total. The van der Waals surface area contributed by atoms with E-state index in [1.165, 1.54) is 10.4 Å². The first kappa shape index (κ1) is 13.5. The van der Waals surface area contributed by atoms with Crippen molar-refractivity contribution in [3.05, 3.63) is 21.9 Å². The predicted octanol–water partition coefficient (Wildman–Crippen LogP) is 1.31. The minimum Gasteiger partial charge on any atom is -0.378 e. The molecular formula is C13H20N2O2S. The lowest BCUT2D eigenvalue weighted by atomic mass is 10.2. The monoisotopic (exact) mass is 268 g/mol. The van der Waals surface area contributed by atoms with E-state index in [0.29, 0.717) is 19.6 Å². The van der Waals surface area contributed by atoms with E-state index in [2.05, 4.69) is 29.0 Å². The number of amides is 1. The number of morpholine rings is 1. The molecule has 0 saturated carbocycles. The number of nitrogens with one attached hydrogen (secondary N) is 2. The van der Waals surface area contributed by atoms with Crippen LogP contribution in [-0.2, 0) is 22.5 Å². The number of carbonyl (C=O) groups is 1. The molecule has 1 saturated heterocycles. The summed E-state index contributed by atoms with van der Waals surface area (Å²) in [6.45, 7) is 4.99. The van der Waals surface area contributed by atoms with E-state index in [-0.39, 0.29) is 11.9 Å². The predicted molar refractivity (Wildman–Crippen MR) is 72.8 cm³/mol. The maximum atomic E-state index is 11.8. The number of carbonyl (C=O) groups excluding carboxylic acids is 1. The Bertz CT molecular complexity index is 386. The second-order valence-corrected chi connectivity index (χ2v) is 5.43. The number of hydrogen-bond acceptors (Lipinski definition) is 4. The Morgan fingerprint density at radius 1 is 1.67 bits per heavy atom. The molecule has 5 heteroatoms. The molecule has 0 bridgehead atoms. The van der Waals surface area contributed by atoms with Crippen LogP contribution >= 0.6 is 11.3 Å². The average molecular weight is 268 g/mol. The van der Waals surface area contributed by atoms with Crippen LogP contribution in [0.1, 0.15) is 23.8 Å². The largest absolute Gasteiger partial charge is 0.378 e. The van der Waals surface area contributed by atoms with E-state index in [1.54, 1.807) is 11.3 Å². The van der Waals surface area contributed by atoms with Crippen LogP contribution in [0, 0.1) is 0 Å². The van der Waals surface area contributed by atoms with Gasteiger partial charge in [-0.1, -0.05) is 6.92 Å². The van der Waals surface area contributed by atoms with Crippen LogP contribution in [0.2, 0.25) is 0 Å². The fourth-order valence-electron chi connectivity index (χ4n) is 2.06. The molecule has 1 amide bonds. The molecule has 0 spiro atoms. The van der Waals surface area contributed by atoms with Gasteiger partial charge in [-0.3, -0.25) is 4.79 Å². The zero-order valence-electron chi connectivity index (χ0n) is 10.7. The molecule has 0 radical (unpaired) electrons. The smallest absolute Gasteiger partial charge is 0.221 e. The van der Waals surface area contributed by atoms with E-state index in [4.69, 9.17) is 4.74 Å². The van der Waals surface area contributed by atoms with Gasteiger partial charge in [0, 0.05) is 23.9 Å². The van der Waals surface area contributed by atoms with Crippen LogP contribution in [0.3, 0.4) is 0 Å². The maximum absolute atomic E-state index is 11.8. The first-order chi connectivity index (χ1) is 8.79. The van der Waals surface area contributed by atoms with Gasteiger partial charge in [-0.05, 0) is 23.4 Å². The third-order valence-electron chi connectivity index (χ3n) is 3.09. The van der Waals surface area contributed by atoms with E-state index < -0.39 is 0 Å². The molecule has 0 aromatic carbocycles. The molecule has 1 aromatic rings. The Kier molecular flexibility index (Phi) is 5.16. The SMILES string of the molecule is CCc1ccsc1CNC(=O)CC1COCCN1. The minimum atomic E-state index is 0.0912. The summed E-state index contributed by atoms with van der Waals surface area (Å²) in [6.07, 6.45) is 1.51. The van der Waals surface area contributed by atoms with Gasteiger partial charge in [-0.15, -0.1) is 11.3 Å². The first-order valence-electron chi connectivity index (χ1n) is 6.42. The van der Waals surface area contributed by atoms with Gasteiger partial charge >= 0.3 is 0 Å². The van der Waals surface area contributed by atoms with Crippen LogP contribution in [0.25, 0.3) is 0 Å². The van der Waals surface area contributed by atoms with Crippen molar-refractivity contribution in [3.63, 3.8) is 0 Å². The minimum absolute atomic E-state index is 0.0912. The highest BCUT2D eigenvalue weighted by Crippen LogP contribution is 2.16. The molecule has 0 aliphatic carbocycles. The molecule has 2 heterocycles. The summed E-state index contributed by atoms with van der Waals surface area (Å²) in [5, 5.41) is 8.35. The molecule has 1 unspecified atom stereocenters. The first-order valence-corrected chi connectivity index (χ1v) is 7.30. The van der Waals surface area contributed by atoms with Crippen LogP contribution in [0.4, 0.5) is 0 Å². The Morgan fingerprint density at radius 2 is 2.56 bits per heavy atom. The average Bonchev–Trinajstić information content (AvgIpc) is 2.85. The quantitative estimate of drug-likeness (QED) is 0.846. The fraction of sp³-hybridized carbons (Fsp3) is 0.615. The molecule has 1 aliphatic heterocycles. The van der Waals surface area contributed by atoms with Crippen molar-refractivity contribution < 1.29 is 9.53 Å². The molecule has 100 valence electrons. The van der Waals surface area contributed by atoms with E-state index in [9.17, 15) is 4.79 Å². The van der Waals surface area contributed by atoms with Crippen LogP contribution in [-0.4, -0.2) is 31.7 Å². The molecular weight excluding hydrogens is 248 g/mol. The van der Waals surface area contributed by atoms with Crippen molar-refractivity contribution in [1.82, 2.24) is 10.6 Å². The lowest BCUT2D eigenvalue weighted by molar-refractivity contribution is -0.122. The summed E-state index contributed by atoms with van der Waals surface area (Å²) >= 11 is 1.71. The normalized spacial score (nSPS) is 19.7. The van der Waals surface area contributed by atoms with Crippen molar-refractivity contribution in [1.29, 1.82) is 0 Å². The Morgan fingerprint density at radius 3 is 3.28 bits per heavy atom. The summed E-state index contributed by atoms with van der Waals surface area (Å²) in [6, 6.07) is 2.29. The highest BCUT2D eigenvalue weighted by atomic mass is 32.1. The summed E-state index contributed by atoms with van der Waals surface area (Å²) in [5.41, 5.74) is 1.33. The summed E-state index contributed by atoms with van der Waals surface area (Å²) < 4.78 is 5.33. The highest BCUT2D eigenvalue weighted by Gasteiger charge is 2.16. The number of ether oxygens (including phenoxy) is 1. The van der Waals surface area contributed by atoms with Crippen molar-refractivity contribution in [2.24, 2.45) is 0 Å². The van der Waals surface area contributed by atoms with Gasteiger partial charge in [0.1, 0.15) is 0 Å². The zero-order valence-corrected chi connectivity index (χ0v) is 11.5. The van der Waals surface area contributed by atoms with Gasteiger partial charge in [0.25, 0.3) is 0 Å². The number of rotatable bonds is 5. The van der Waals surface area contributed by atoms with Gasteiger partial charge in [-0.25, -0.2) is 0 Å². The van der Waals surface area contributed by atoms with E-state index >= 15 is 0 Å². The number of thiophene rings is 1. The number of aryl methyl sites for hydroxylation is 1. The van der Waals surface area contributed by atoms with Crippen molar-refractivity contribution >= 4 is 17.2 Å². The maximum Gasteiger partial charge on any atom is 0.221 e. The van der Waals surface area contributed by atoms with Crippen molar-refractivity contribution in [2.75, 3.05) is 19.8 Å². The van der Waals surface area contributed by atoms with Gasteiger partial charge in [-0.2, -0.15) is 0 Å². The van der Waals surface area contributed by atoms with Crippen molar-refractivity contribution in [3.8, 4) is 0 Å². The summed E-state index contributed by atoms with van der Waals surface area (Å²) in [5.74, 6) is 0.0912. The van der Waals surface area contributed by atoms with E-state index in [0.717, 1.165) is 19.6 Å². The lowest BCUT2D eigenvalue weighted by Gasteiger charge is -2.23. The van der Waals surface area contributed by atoms with Gasteiger partial charge in [0.2, 0.25) is 5.91 Å². The van der Waals surface area contributed by atoms with Gasteiger partial charge in [0.15, 0.2) is 0 Å². The molecule has 1 aliphatic rings. The Hall–Kier alpha value is -0.910. The molecule has 2 N–H and O–H groups in total. The number of hydrogen-bond donors (Lipinski definition) is 2. The molecule has 2 rings (SSSR count). The third-order valence-corrected chi connectivity index (χ3v) is 4.06. The second kappa shape index (κ2) is 6.87. The molecule has 1 fully saturated rings. The molecule has 1 atom stereocenters. The van der Waals surface area contributed by atoms with E-state index in [1.807, 2.05) is 0 Å².